The first-order chi connectivity index (χ1) is 8.74. The number of pyridine rings is 1. The molecule has 2 rings (SSSR count). The second-order valence-electron chi connectivity index (χ2n) is 3.52. The van der Waals surface area contributed by atoms with Gasteiger partial charge in [-0.05, 0) is 24.3 Å². The normalized spacial score (nSPS) is 10.1. The second-order valence-corrected chi connectivity index (χ2v) is 4.57. The minimum atomic E-state index is -0.563. The van der Waals surface area contributed by atoms with Crippen LogP contribution in [0.4, 0.5) is 10.1 Å². The Balaban J connectivity index is 1.84. The molecule has 0 bridgehead atoms. The van der Waals surface area contributed by atoms with Crippen molar-refractivity contribution in [1.82, 2.24) is 4.98 Å². The molecule has 0 saturated carbocycles. The van der Waals surface area contributed by atoms with Crippen molar-refractivity contribution in [2.75, 3.05) is 11.1 Å². The average Bonchev–Trinajstić information content (AvgIpc) is 2.40. The Hall–Kier alpha value is -1.88. The highest BCUT2D eigenvalue weighted by atomic mass is 32.2. The van der Waals surface area contributed by atoms with E-state index in [0.29, 0.717) is 11.4 Å². The fourth-order valence-electron chi connectivity index (χ4n) is 1.31. The number of hydrogen-bond donors (Lipinski definition) is 1. The standard InChI is InChI=1S/C13H11FN2OS/c14-12-7-6-10(8-15-12)16-13(17)9-18-11-4-2-1-3-5-11/h1-8H,9H2,(H,16,17). The molecule has 1 amide bonds. The van der Waals surface area contributed by atoms with Crippen LogP contribution < -0.4 is 5.32 Å². The minimum absolute atomic E-state index is 0.141. The largest absolute Gasteiger partial charge is 0.324 e. The van der Waals surface area contributed by atoms with Gasteiger partial charge in [-0.15, -0.1) is 11.8 Å². The van der Waals surface area contributed by atoms with E-state index in [9.17, 15) is 9.18 Å². The van der Waals surface area contributed by atoms with Crippen molar-refractivity contribution in [1.29, 1.82) is 0 Å². The summed E-state index contributed by atoms with van der Waals surface area (Å²) in [6, 6.07) is 12.3. The molecule has 1 aromatic heterocycles. The van der Waals surface area contributed by atoms with Crippen molar-refractivity contribution in [3.63, 3.8) is 0 Å². The maximum absolute atomic E-state index is 12.6. The molecular weight excluding hydrogens is 251 g/mol. The number of aromatic nitrogens is 1. The molecule has 18 heavy (non-hydrogen) atoms. The highest BCUT2D eigenvalue weighted by molar-refractivity contribution is 8.00. The molecule has 0 aliphatic carbocycles. The fourth-order valence-corrected chi connectivity index (χ4v) is 2.03. The summed E-state index contributed by atoms with van der Waals surface area (Å²) < 4.78 is 12.6. The van der Waals surface area contributed by atoms with Gasteiger partial charge in [0.05, 0.1) is 17.6 Å². The molecule has 0 radical (unpaired) electrons. The number of carbonyl (C=O) groups excluding carboxylic acids is 1. The Morgan fingerprint density at radius 3 is 2.67 bits per heavy atom. The third-order valence-electron chi connectivity index (χ3n) is 2.12. The number of amides is 1. The van der Waals surface area contributed by atoms with Crippen molar-refractivity contribution < 1.29 is 9.18 Å². The SMILES string of the molecule is O=C(CSc1ccccc1)Nc1ccc(F)nc1. The van der Waals surface area contributed by atoms with E-state index in [4.69, 9.17) is 0 Å². The molecule has 0 atom stereocenters. The van der Waals surface area contributed by atoms with Crippen molar-refractivity contribution >= 4 is 23.4 Å². The Morgan fingerprint density at radius 2 is 2.00 bits per heavy atom. The molecule has 0 aliphatic rings. The van der Waals surface area contributed by atoms with Crippen molar-refractivity contribution in [2.24, 2.45) is 0 Å². The van der Waals surface area contributed by atoms with Crippen molar-refractivity contribution in [3.8, 4) is 0 Å². The molecule has 2 aromatic rings. The maximum Gasteiger partial charge on any atom is 0.234 e. The number of benzene rings is 1. The molecular formula is C13H11FN2OS. The Bertz CT molecular complexity index is 516. The highest BCUT2D eigenvalue weighted by Crippen LogP contribution is 2.17. The quantitative estimate of drug-likeness (QED) is 0.680. The van der Waals surface area contributed by atoms with Gasteiger partial charge in [0, 0.05) is 4.90 Å². The summed E-state index contributed by atoms with van der Waals surface area (Å²) in [4.78, 5) is 16.1. The van der Waals surface area contributed by atoms with Crippen LogP contribution in [0.1, 0.15) is 0 Å². The molecule has 0 spiro atoms. The summed E-state index contributed by atoms with van der Waals surface area (Å²) >= 11 is 1.44. The van der Waals surface area contributed by atoms with Crippen LogP contribution in [0.5, 0.6) is 0 Å². The number of hydrogen-bond acceptors (Lipinski definition) is 3. The van der Waals surface area contributed by atoms with E-state index in [0.717, 1.165) is 4.90 Å². The minimum Gasteiger partial charge on any atom is -0.324 e. The van der Waals surface area contributed by atoms with Crippen LogP contribution in [0.15, 0.2) is 53.6 Å². The van der Waals surface area contributed by atoms with Crippen molar-refractivity contribution in [2.45, 2.75) is 4.90 Å². The van der Waals surface area contributed by atoms with Crippen LogP contribution in [0.2, 0.25) is 0 Å². The molecule has 0 unspecified atom stereocenters. The Labute approximate surface area is 108 Å². The molecule has 0 fully saturated rings. The van der Waals surface area contributed by atoms with Gasteiger partial charge in [-0.1, -0.05) is 18.2 Å². The summed E-state index contributed by atoms with van der Waals surface area (Å²) in [5, 5.41) is 2.65. The van der Waals surface area contributed by atoms with Gasteiger partial charge in [0.1, 0.15) is 0 Å². The van der Waals surface area contributed by atoms with Gasteiger partial charge in [0.2, 0.25) is 11.9 Å². The summed E-state index contributed by atoms with van der Waals surface area (Å²) in [6.45, 7) is 0. The number of rotatable bonds is 4. The van der Waals surface area contributed by atoms with E-state index in [1.54, 1.807) is 0 Å². The summed E-state index contributed by atoms with van der Waals surface area (Å²) in [5.74, 6) is -0.398. The molecule has 0 saturated heterocycles. The number of halogens is 1. The van der Waals surface area contributed by atoms with Gasteiger partial charge >= 0.3 is 0 Å². The molecule has 1 N–H and O–H groups in total. The van der Waals surface area contributed by atoms with Crippen molar-refractivity contribution in [3.05, 3.63) is 54.6 Å². The number of thioether (sulfide) groups is 1. The van der Waals surface area contributed by atoms with Crippen LogP contribution in [-0.2, 0) is 4.79 Å². The number of carbonyl (C=O) groups is 1. The van der Waals surface area contributed by atoms with Gasteiger partial charge < -0.3 is 5.32 Å². The highest BCUT2D eigenvalue weighted by Gasteiger charge is 2.03. The third-order valence-corrected chi connectivity index (χ3v) is 3.14. The first-order valence-corrected chi connectivity index (χ1v) is 6.32. The third kappa shape index (κ3) is 3.85. The van der Waals surface area contributed by atoms with Crippen LogP contribution in [0.25, 0.3) is 0 Å². The lowest BCUT2D eigenvalue weighted by Gasteiger charge is -2.04. The van der Waals surface area contributed by atoms with E-state index < -0.39 is 5.95 Å². The van der Waals surface area contributed by atoms with Gasteiger partial charge in [-0.25, -0.2) is 4.98 Å². The van der Waals surface area contributed by atoms with Crippen LogP contribution >= 0.6 is 11.8 Å². The average molecular weight is 262 g/mol. The topological polar surface area (TPSA) is 42.0 Å². The van der Waals surface area contributed by atoms with E-state index in [1.165, 1.54) is 30.1 Å². The molecule has 0 aliphatic heterocycles. The van der Waals surface area contributed by atoms with Crippen LogP contribution in [0, 0.1) is 5.95 Å². The van der Waals surface area contributed by atoms with E-state index in [2.05, 4.69) is 10.3 Å². The lowest BCUT2D eigenvalue weighted by atomic mass is 10.4. The van der Waals surface area contributed by atoms with Gasteiger partial charge in [0.15, 0.2) is 0 Å². The van der Waals surface area contributed by atoms with Gasteiger partial charge in [-0.2, -0.15) is 4.39 Å². The molecule has 3 nitrogen and oxygen atoms in total. The molecule has 1 aromatic carbocycles. The Kier molecular flexibility index (Phi) is 4.30. The maximum atomic E-state index is 12.6. The molecule has 1 heterocycles. The summed E-state index contributed by atoms with van der Waals surface area (Å²) in [7, 11) is 0. The van der Waals surface area contributed by atoms with Gasteiger partial charge in [0.25, 0.3) is 0 Å². The zero-order valence-corrected chi connectivity index (χ0v) is 10.3. The monoisotopic (exact) mass is 262 g/mol. The first kappa shape index (κ1) is 12.6. The molecule has 5 heteroatoms. The van der Waals surface area contributed by atoms with Gasteiger partial charge in [-0.3, -0.25) is 4.79 Å². The smallest absolute Gasteiger partial charge is 0.234 e. The number of anilines is 1. The lowest BCUT2D eigenvalue weighted by molar-refractivity contribution is -0.113. The lowest BCUT2D eigenvalue weighted by Crippen LogP contribution is -2.14. The molecule has 92 valence electrons. The van der Waals surface area contributed by atoms with E-state index in [-0.39, 0.29) is 5.91 Å². The predicted octanol–water partition coefficient (Wildman–Crippen LogP) is 2.95. The fraction of sp³-hybridized carbons (Fsp3) is 0.0769. The Morgan fingerprint density at radius 1 is 1.22 bits per heavy atom. The van der Waals surface area contributed by atoms with E-state index in [1.807, 2.05) is 30.3 Å². The number of nitrogens with one attached hydrogen (secondary N) is 1. The van der Waals surface area contributed by atoms with Crippen LogP contribution in [0.3, 0.4) is 0 Å². The predicted molar refractivity (Wildman–Crippen MR) is 70.0 cm³/mol. The number of nitrogens with zero attached hydrogens (tertiary/aromatic N) is 1. The second kappa shape index (κ2) is 6.16. The summed E-state index contributed by atoms with van der Waals surface area (Å²) in [6.07, 6.45) is 1.29. The summed E-state index contributed by atoms with van der Waals surface area (Å²) in [5.41, 5.74) is 0.495. The van der Waals surface area contributed by atoms with Crippen LogP contribution in [-0.4, -0.2) is 16.6 Å². The van der Waals surface area contributed by atoms with E-state index >= 15 is 0 Å². The zero-order chi connectivity index (χ0) is 12.8. The first-order valence-electron chi connectivity index (χ1n) is 5.33. The zero-order valence-electron chi connectivity index (χ0n) is 9.47.